The summed E-state index contributed by atoms with van der Waals surface area (Å²) >= 11 is 0. The van der Waals surface area contributed by atoms with E-state index in [1.165, 1.54) is 0 Å². The van der Waals surface area contributed by atoms with E-state index in [1.807, 2.05) is 6.92 Å². The Bertz CT molecular complexity index is 283. The Hall–Kier alpha value is -1.26. The SMILES string of the molecule is CCC[C@H](NC(=O)N1CC(C)C(C)C1)C(=O)O. The Morgan fingerprint density at radius 3 is 2.29 bits per heavy atom. The van der Waals surface area contributed by atoms with Gasteiger partial charge in [0.2, 0.25) is 0 Å². The smallest absolute Gasteiger partial charge is 0.326 e. The van der Waals surface area contributed by atoms with Gasteiger partial charge in [-0.25, -0.2) is 9.59 Å². The van der Waals surface area contributed by atoms with Crippen LogP contribution in [0.5, 0.6) is 0 Å². The van der Waals surface area contributed by atoms with Crippen LogP contribution in [-0.2, 0) is 4.79 Å². The average Bonchev–Trinajstić information content (AvgIpc) is 2.58. The first-order valence-electron chi connectivity index (χ1n) is 6.24. The lowest BCUT2D eigenvalue weighted by Gasteiger charge is -2.20. The number of nitrogens with one attached hydrogen (secondary N) is 1. The van der Waals surface area contributed by atoms with Gasteiger partial charge in [0.25, 0.3) is 0 Å². The quantitative estimate of drug-likeness (QED) is 0.785. The number of carbonyl (C=O) groups excluding carboxylic acids is 1. The molecule has 0 spiro atoms. The lowest BCUT2D eigenvalue weighted by molar-refractivity contribution is -0.139. The molecule has 1 saturated heterocycles. The zero-order valence-corrected chi connectivity index (χ0v) is 10.8. The van der Waals surface area contributed by atoms with Gasteiger partial charge in [0.1, 0.15) is 6.04 Å². The summed E-state index contributed by atoms with van der Waals surface area (Å²) in [5, 5.41) is 11.6. The first kappa shape index (κ1) is 13.8. The van der Waals surface area contributed by atoms with E-state index >= 15 is 0 Å². The standard InChI is InChI=1S/C12H22N2O3/c1-4-5-10(11(15)16)13-12(17)14-6-8(2)9(3)7-14/h8-10H,4-7H2,1-3H3,(H,13,17)(H,15,16)/t8?,9?,10-/m0/s1. The van der Waals surface area contributed by atoms with E-state index in [9.17, 15) is 9.59 Å². The largest absolute Gasteiger partial charge is 0.480 e. The third-order valence-corrected chi connectivity index (χ3v) is 3.45. The van der Waals surface area contributed by atoms with Crippen LogP contribution in [0.25, 0.3) is 0 Å². The molecule has 0 aromatic carbocycles. The molecule has 1 aliphatic rings. The molecule has 0 radical (unpaired) electrons. The second kappa shape index (κ2) is 5.89. The summed E-state index contributed by atoms with van der Waals surface area (Å²) in [5.41, 5.74) is 0. The summed E-state index contributed by atoms with van der Waals surface area (Å²) < 4.78 is 0. The first-order valence-corrected chi connectivity index (χ1v) is 6.24. The lowest BCUT2D eigenvalue weighted by atomic mass is 10.0. The summed E-state index contributed by atoms with van der Waals surface area (Å²) in [4.78, 5) is 24.5. The van der Waals surface area contributed by atoms with Gasteiger partial charge >= 0.3 is 12.0 Å². The van der Waals surface area contributed by atoms with Crippen LogP contribution in [-0.4, -0.2) is 41.1 Å². The van der Waals surface area contributed by atoms with Gasteiger partial charge in [0.15, 0.2) is 0 Å². The third-order valence-electron chi connectivity index (χ3n) is 3.45. The van der Waals surface area contributed by atoms with Crippen LogP contribution in [0.15, 0.2) is 0 Å². The van der Waals surface area contributed by atoms with Gasteiger partial charge in [-0.05, 0) is 18.3 Å². The minimum atomic E-state index is -0.958. The fourth-order valence-corrected chi connectivity index (χ4v) is 2.08. The summed E-state index contributed by atoms with van der Waals surface area (Å²) in [7, 11) is 0. The van der Waals surface area contributed by atoms with E-state index in [2.05, 4.69) is 19.2 Å². The lowest BCUT2D eigenvalue weighted by Crippen LogP contribution is -2.47. The van der Waals surface area contributed by atoms with Gasteiger partial charge in [0.05, 0.1) is 0 Å². The molecule has 2 N–H and O–H groups in total. The van der Waals surface area contributed by atoms with Crippen LogP contribution < -0.4 is 5.32 Å². The summed E-state index contributed by atoms with van der Waals surface area (Å²) in [6.07, 6.45) is 1.21. The predicted molar refractivity (Wildman–Crippen MR) is 64.8 cm³/mol. The van der Waals surface area contributed by atoms with Crippen LogP contribution in [0.3, 0.4) is 0 Å². The number of rotatable bonds is 4. The Morgan fingerprint density at radius 2 is 1.88 bits per heavy atom. The van der Waals surface area contributed by atoms with Crippen LogP contribution >= 0.6 is 0 Å². The molecule has 1 fully saturated rings. The number of aliphatic carboxylic acids is 1. The van der Waals surface area contributed by atoms with Crippen LogP contribution in [0.4, 0.5) is 4.79 Å². The molecule has 1 rings (SSSR count). The maximum absolute atomic E-state index is 11.9. The molecule has 0 aromatic heterocycles. The number of hydrogen-bond acceptors (Lipinski definition) is 2. The van der Waals surface area contributed by atoms with Gasteiger partial charge in [0, 0.05) is 13.1 Å². The maximum Gasteiger partial charge on any atom is 0.326 e. The third kappa shape index (κ3) is 3.61. The molecular formula is C12H22N2O3. The highest BCUT2D eigenvalue weighted by molar-refractivity contribution is 5.82. The molecule has 17 heavy (non-hydrogen) atoms. The molecule has 2 amide bonds. The van der Waals surface area contributed by atoms with Crippen molar-refractivity contribution in [2.24, 2.45) is 11.8 Å². The normalized spacial score (nSPS) is 25.7. The highest BCUT2D eigenvalue weighted by atomic mass is 16.4. The molecule has 3 atom stereocenters. The maximum atomic E-state index is 11.9. The van der Waals surface area contributed by atoms with Crippen molar-refractivity contribution in [1.82, 2.24) is 10.2 Å². The molecule has 0 aliphatic carbocycles. The highest BCUT2D eigenvalue weighted by Crippen LogP contribution is 2.21. The fraction of sp³-hybridized carbons (Fsp3) is 0.833. The van der Waals surface area contributed by atoms with E-state index < -0.39 is 12.0 Å². The number of amides is 2. The van der Waals surface area contributed by atoms with Crippen molar-refractivity contribution in [3.8, 4) is 0 Å². The number of urea groups is 1. The summed E-state index contributed by atoms with van der Waals surface area (Å²) in [6.45, 7) is 7.55. The molecular weight excluding hydrogens is 220 g/mol. The van der Waals surface area contributed by atoms with Gasteiger partial charge in [-0.3, -0.25) is 0 Å². The molecule has 0 aromatic rings. The molecule has 1 aliphatic heterocycles. The van der Waals surface area contributed by atoms with E-state index in [0.717, 1.165) is 6.42 Å². The van der Waals surface area contributed by atoms with E-state index in [1.54, 1.807) is 4.90 Å². The predicted octanol–water partition coefficient (Wildman–Crippen LogP) is 1.54. The van der Waals surface area contributed by atoms with Crippen molar-refractivity contribution in [2.45, 2.75) is 39.7 Å². The van der Waals surface area contributed by atoms with Crippen molar-refractivity contribution in [1.29, 1.82) is 0 Å². The van der Waals surface area contributed by atoms with E-state index in [-0.39, 0.29) is 6.03 Å². The van der Waals surface area contributed by atoms with E-state index in [4.69, 9.17) is 5.11 Å². The minimum absolute atomic E-state index is 0.248. The van der Waals surface area contributed by atoms with Crippen molar-refractivity contribution in [2.75, 3.05) is 13.1 Å². The molecule has 5 nitrogen and oxygen atoms in total. The minimum Gasteiger partial charge on any atom is -0.480 e. The molecule has 1 heterocycles. The number of likely N-dealkylation sites (tertiary alicyclic amines) is 1. The molecule has 0 bridgehead atoms. The Kier molecular flexibility index (Phi) is 4.78. The molecule has 0 saturated carbocycles. The van der Waals surface area contributed by atoms with Crippen LogP contribution in [0.2, 0.25) is 0 Å². The monoisotopic (exact) mass is 242 g/mol. The highest BCUT2D eigenvalue weighted by Gasteiger charge is 2.31. The van der Waals surface area contributed by atoms with Crippen LogP contribution in [0, 0.1) is 11.8 Å². The van der Waals surface area contributed by atoms with Crippen LogP contribution in [0.1, 0.15) is 33.6 Å². The number of carboxylic acid groups (broad SMARTS) is 1. The fourth-order valence-electron chi connectivity index (χ4n) is 2.08. The zero-order valence-electron chi connectivity index (χ0n) is 10.8. The first-order chi connectivity index (χ1) is 7.95. The second-order valence-corrected chi connectivity index (χ2v) is 4.99. The molecule has 5 heteroatoms. The number of hydrogen-bond donors (Lipinski definition) is 2. The Balaban J connectivity index is 2.50. The topological polar surface area (TPSA) is 69.6 Å². The average molecular weight is 242 g/mol. The van der Waals surface area contributed by atoms with Gasteiger partial charge < -0.3 is 15.3 Å². The Labute approximate surface area is 102 Å². The van der Waals surface area contributed by atoms with Gasteiger partial charge in [-0.15, -0.1) is 0 Å². The van der Waals surface area contributed by atoms with Gasteiger partial charge in [-0.2, -0.15) is 0 Å². The second-order valence-electron chi connectivity index (χ2n) is 4.99. The van der Waals surface area contributed by atoms with Crippen molar-refractivity contribution in [3.63, 3.8) is 0 Å². The zero-order chi connectivity index (χ0) is 13.0. The number of nitrogens with zero attached hydrogens (tertiary/aromatic N) is 1. The van der Waals surface area contributed by atoms with Gasteiger partial charge in [-0.1, -0.05) is 27.2 Å². The van der Waals surface area contributed by atoms with E-state index in [0.29, 0.717) is 31.3 Å². The van der Waals surface area contributed by atoms with Crippen molar-refractivity contribution >= 4 is 12.0 Å². The number of carboxylic acids is 1. The molecule has 98 valence electrons. The summed E-state index contributed by atoms with van der Waals surface area (Å²) in [5.74, 6) is 0.00546. The Morgan fingerprint density at radius 1 is 1.35 bits per heavy atom. The van der Waals surface area contributed by atoms with Crippen molar-refractivity contribution in [3.05, 3.63) is 0 Å². The number of carbonyl (C=O) groups is 2. The molecule has 2 unspecified atom stereocenters. The summed E-state index contributed by atoms with van der Waals surface area (Å²) in [6, 6.07) is -1.01. The van der Waals surface area contributed by atoms with Crippen molar-refractivity contribution < 1.29 is 14.7 Å².